The summed E-state index contributed by atoms with van der Waals surface area (Å²) in [4.78, 5) is 22.8. The molecular formula is C14H15NO4. The average Bonchev–Trinajstić information content (AvgIpc) is 2.32. The van der Waals surface area contributed by atoms with Crippen LogP contribution in [-0.2, 0) is 4.79 Å². The highest BCUT2D eigenvalue weighted by molar-refractivity contribution is 6.12. The van der Waals surface area contributed by atoms with E-state index in [0.717, 1.165) is 0 Å². The van der Waals surface area contributed by atoms with E-state index in [-0.39, 0.29) is 12.3 Å². The molecule has 2 N–H and O–H groups in total. The van der Waals surface area contributed by atoms with Crippen molar-refractivity contribution in [2.45, 2.75) is 19.4 Å². The number of hydrogen-bond donors (Lipinski definition) is 2. The third-order valence-electron chi connectivity index (χ3n) is 2.89. The van der Waals surface area contributed by atoms with E-state index in [1.54, 1.807) is 38.1 Å². The Kier molecular flexibility index (Phi) is 3.29. The van der Waals surface area contributed by atoms with Crippen molar-refractivity contribution in [3.63, 3.8) is 0 Å². The molecule has 0 bridgehead atoms. The SMILES string of the molecule is CC1(C)Oc2ccccc2C(=O)/C1=C\NCC(=O)O. The van der Waals surface area contributed by atoms with Gasteiger partial charge in [0, 0.05) is 6.20 Å². The lowest BCUT2D eigenvalue weighted by molar-refractivity contribution is -0.135. The summed E-state index contributed by atoms with van der Waals surface area (Å²) in [5.41, 5.74) is 0.106. The van der Waals surface area contributed by atoms with Crippen LogP contribution in [0.25, 0.3) is 0 Å². The molecule has 0 aliphatic carbocycles. The highest BCUT2D eigenvalue weighted by Crippen LogP contribution is 2.35. The van der Waals surface area contributed by atoms with Crippen LogP contribution in [0.2, 0.25) is 0 Å². The van der Waals surface area contributed by atoms with Crippen molar-refractivity contribution in [1.82, 2.24) is 5.32 Å². The fourth-order valence-corrected chi connectivity index (χ4v) is 1.97. The van der Waals surface area contributed by atoms with Gasteiger partial charge < -0.3 is 15.2 Å². The lowest BCUT2D eigenvalue weighted by atomic mass is 9.88. The Morgan fingerprint density at radius 3 is 2.79 bits per heavy atom. The lowest BCUT2D eigenvalue weighted by Gasteiger charge is -2.34. The molecule has 0 fully saturated rings. The molecule has 5 nitrogen and oxygen atoms in total. The first-order valence-corrected chi connectivity index (χ1v) is 5.90. The van der Waals surface area contributed by atoms with Crippen LogP contribution in [0.3, 0.4) is 0 Å². The zero-order valence-electron chi connectivity index (χ0n) is 10.8. The molecule has 0 saturated carbocycles. The third kappa shape index (κ3) is 2.59. The van der Waals surface area contributed by atoms with Crippen molar-refractivity contribution < 1.29 is 19.4 Å². The van der Waals surface area contributed by atoms with Crippen molar-refractivity contribution in [2.75, 3.05) is 6.54 Å². The summed E-state index contributed by atoms with van der Waals surface area (Å²) in [5.74, 6) is -0.586. The van der Waals surface area contributed by atoms with Crippen LogP contribution in [0.4, 0.5) is 0 Å². The van der Waals surface area contributed by atoms with E-state index >= 15 is 0 Å². The summed E-state index contributed by atoms with van der Waals surface area (Å²) in [6.45, 7) is 3.30. The number of carboxylic acids is 1. The Morgan fingerprint density at radius 1 is 1.42 bits per heavy atom. The van der Waals surface area contributed by atoms with Gasteiger partial charge in [-0.1, -0.05) is 12.1 Å². The largest absolute Gasteiger partial charge is 0.482 e. The van der Waals surface area contributed by atoms with Crippen molar-refractivity contribution in [2.24, 2.45) is 0 Å². The molecule has 0 saturated heterocycles. The predicted molar refractivity (Wildman–Crippen MR) is 69.2 cm³/mol. The van der Waals surface area contributed by atoms with Crippen LogP contribution in [0.5, 0.6) is 5.75 Å². The van der Waals surface area contributed by atoms with Gasteiger partial charge in [0.2, 0.25) is 0 Å². The Hall–Kier alpha value is -2.30. The average molecular weight is 261 g/mol. The van der Waals surface area contributed by atoms with Gasteiger partial charge in [-0.3, -0.25) is 9.59 Å². The van der Waals surface area contributed by atoms with Crippen molar-refractivity contribution in [1.29, 1.82) is 0 Å². The first kappa shape index (κ1) is 13.1. The van der Waals surface area contributed by atoms with Gasteiger partial charge >= 0.3 is 5.97 Å². The molecule has 1 aromatic carbocycles. The number of Topliss-reactive ketones (excluding diaryl/α,β-unsaturated/α-hetero) is 1. The van der Waals surface area contributed by atoms with Gasteiger partial charge in [-0.05, 0) is 26.0 Å². The van der Waals surface area contributed by atoms with Crippen LogP contribution >= 0.6 is 0 Å². The molecule has 1 aliphatic rings. The quantitative estimate of drug-likeness (QED) is 0.808. The number of benzene rings is 1. The minimum atomic E-state index is -0.987. The maximum atomic E-state index is 12.4. The Balaban J connectivity index is 2.34. The predicted octanol–water partition coefficient (Wildman–Crippen LogP) is 1.60. The second-order valence-corrected chi connectivity index (χ2v) is 4.77. The number of aliphatic carboxylic acids is 1. The van der Waals surface area contributed by atoms with Gasteiger partial charge in [0.05, 0.1) is 11.1 Å². The number of ether oxygens (including phenoxy) is 1. The van der Waals surface area contributed by atoms with E-state index in [1.165, 1.54) is 6.20 Å². The topological polar surface area (TPSA) is 75.6 Å². The molecule has 0 amide bonds. The van der Waals surface area contributed by atoms with E-state index in [9.17, 15) is 9.59 Å². The number of carbonyl (C=O) groups excluding carboxylic acids is 1. The first-order chi connectivity index (χ1) is 8.92. The summed E-state index contributed by atoms with van der Waals surface area (Å²) in [7, 11) is 0. The molecular weight excluding hydrogens is 246 g/mol. The standard InChI is InChI=1S/C14H15NO4/c1-14(2)10(7-15-8-12(16)17)13(18)9-5-3-4-6-11(9)19-14/h3-7,15H,8H2,1-2H3,(H,16,17)/b10-7+. The maximum absolute atomic E-state index is 12.4. The number of nitrogens with one attached hydrogen (secondary N) is 1. The molecule has 2 rings (SSSR count). The van der Waals surface area contributed by atoms with Gasteiger partial charge in [-0.2, -0.15) is 0 Å². The van der Waals surface area contributed by atoms with E-state index in [0.29, 0.717) is 16.9 Å². The summed E-state index contributed by atoms with van der Waals surface area (Å²) in [6.07, 6.45) is 1.42. The number of fused-ring (bicyclic) bond motifs is 1. The molecule has 0 unspecified atom stereocenters. The summed E-state index contributed by atoms with van der Waals surface area (Å²) in [5, 5.41) is 11.2. The molecule has 100 valence electrons. The van der Waals surface area contributed by atoms with Crippen molar-refractivity contribution >= 4 is 11.8 Å². The highest BCUT2D eigenvalue weighted by atomic mass is 16.5. The second-order valence-electron chi connectivity index (χ2n) is 4.77. The Bertz CT molecular complexity index is 560. The van der Waals surface area contributed by atoms with Gasteiger partial charge in [0.15, 0.2) is 5.78 Å². The van der Waals surface area contributed by atoms with E-state index in [4.69, 9.17) is 9.84 Å². The summed E-state index contributed by atoms with van der Waals surface area (Å²) in [6, 6.07) is 7.01. The zero-order valence-corrected chi connectivity index (χ0v) is 10.8. The zero-order chi connectivity index (χ0) is 14.0. The van der Waals surface area contributed by atoms with Crippen LogP contribution < -0.4 is 10.1 Å². The molecule has 19 heavy (non-hydrogen) atoms. The number of rotatable bonds is 3. The number of carboxylic acid groups (broad SMARTS) is 1. The number of hydrogen-bond acceptors (Lipinski definition) is 4. The number of para-hydroxylation sites is 1. The summed E-state index contributed by atoms with van der Waals surface area (Å²) < 4.78 is 5.78. The minimum absolute atomic E-state index is 0.148. The molecule has 1 aliphatic heterocycles. The smallest absolute Gasteiger partial charge is 0.322 e. The van der Waals surface area contributed by atoms with Gasteiger partial charge in [-0.15, -0.1) is 0 Å². The number of ketones is 1. The molecule has 0 aromatic heterocycles. The van der Waals surface area contributed by atoms with Crippen LogP contribution in [0.1, 0.15) is 24.2 Å². The van der Waals surface area contributed by atoms with E-state index in [2.05, 4.69) is 5.32 Å². The van der Waals surface area contributed by atoms with E-state index < -0.39 is 11.6 Å². The molecule has 0 radical (unpaired) electrons. The molecule has 0 spiro atoms. The number of carbonyl (C=O) groups is 2. The van der Waals surface area contributed by atoms with Crippen LogP contribution in [0, 0.1) is 0 Å². The summed E-state index contributed by atoms with van der Waals surface area (Å²) >= 11 is 0. The van der Waals surface area contributed by atoms with Crippen molar-refractivity contribution in [3.8, 4) is 5.75 Å². The van der Waals surface area contributed by atoms with E-state index in [1.807, 2.05) is 0 Å². The molecule has 1 heterocycles. The van der Waals surface area contributed by atoms with Gasteiger partial charge in [-0.25, -0.2) is 0 Å². The fourth-order valence-electron chi connectivity index (χ4n) is 1.97. The molecule has 1 aromatic rings. The fraction of sp³-hybridized carbons (Fsp3) is 0.286. The van der Waals surface area contributed by atoms with Gasteiger partial charge in [0.1, 0.15) is 17.9 Å². The van der Waals surface area contributed by atoms with Crippen LogP contribution in [0.15, 0.2) is 36.0 Å². The Labute approximate surface area is 110 Å². The minimum Gasteiger partial charge on any atom is -0.482 e. The highest BCUT2D eigenvalue weighted by Gasteiger charge is 2.37. The van der Waals surface area contributed by atoms with Crippen molar-refractivity contribution in [3.05, 3.63) is 41.6 Å². The monoisotopic (exact) mass is 261 g/mol. The normalized spacial score (nSPS) is 18.6. The first-order valence-electron chi connectivity index (χ1n) is 5.90. The second kappa shape index (κ2) is 4.76. The molecule has 5 heteroatoms. The maximum Gasteiger partial charge on any atom is 0.322 e. The molecule has 0 atom stereocenters. The van der Waals surface area contributed by atoms with Crippen LogP contribution in [-0.4, -0.2) is 29.0 Å². The van der Waals surface area contributed by atoms with Gasteiger partial charge in [0.25, 0.3) is 0 Å². The lowest BCUT2D eigenvalue weighted by Crippen LogP contribution is -2.40. The Morgan fingerprint density at radius 2 is 2.11 bits per heavy atom. The third-order valence-corrected chi connectivity index (χ3v) is 2.89.